The van der Waals surface area contributed by atoms with Crippen LogP contribution < -0.4 is 16.4 Å². The molecule has 0 fully saturated rings. The van der Waals surface area contributed by atoms with Gasteiger partial charge in [-0.3, -0.25) is 4.79 Å². The first-order valence-corrected chi connectivity index (χ1v) is 6.02. The second kappa shape index (κ2) is 6.75. The predicted molar refractivity (Wildman–Crippen MR) is 74.8 cm³/mol. The van der Waals surface area contributed by atoms with Crippen molar-refractivity contribution < 1.29 is 9.59 Å². The summed E-state index contributed by atoms with van der Waals surface area (Å²) in [6.07, 6.45) is 0. The summed E-state index contributed by atoms with van der Waals surface area (Å²) < 4.78 is 0. The third kappa shape index (κ3) is 4.59. The van der Waals surface area contributed by atoms with Crippen LogP contribution in [0, 0.1) is 0 Å². The molecule has 0 aromatic heterocycles. The zero-order valence-corrected chi connectivity index (χ0v) is 11.4. The lowest BCUT2D eigenvalue weighted by atomic mass is 10.1. The first-order chi connectivity index (χ1) is 8.93. The van der Waals surface area contributed by atoms with Crippen LogP contribution in [-0.2, 0) is 4.79 Å². The Hall–Kier alpha value is -2.08. The van der Waals surface area contributed by atoms with Crippen molar-refractivity contribution in [2.45, 2.75) is 13.0 Å². The molecule has 1 rings (SSSR count). The van der Waals surface area contributed by atoms with E-state index in [1.165, 1.54) is 11.9 Å². The van der Waals surface area contributed by atoms with Crippen LogP contribution >= 0.6 is 0 Å². The summed E-state index contributed by atoms with van der Waals surface area (Å²) in [7, 11) is 3.09. The van der Waals surface area contributed by atoms with Gasteiger partial charge in [0.1, 0.15) is 6.54 Å². The van der Waals surface area contributed by atoms with E-state index in [1.807, 2.05) is 19.1 Å². The van der Waals surface area contributed by atoms with Gasteiger partial charge < -0.3 is 21.3 Å². The van der Waals surface area contributed by atoms with E-state index in [-0.39, 0.29) is 24.5 Å². The molecule has 1 aromatic carbocycles. The van der Waals surface area contributed by atoms with Crippen molar-refractivity contribution in [1.29, 1.82) is 0 Å². The van der Waals surface area contributed by atoms with Crippen molar-refractivity contribution in [2.24, 2.45) is 5.73 Å². The molecule has 0 radical (unpaired) electrons. The van der Waals surface area contributed by atoms with Gasteiger partial charge in [0.05, 0.1) is 0 Å². The number of hydrogen-bond donors (Lipinski definition) is 3. The lowest BCUT2D eigenvalue weighted by Gasteiger charge is -2.17. The normalized spacial score (nSPS) is 11.6. The minimum atomic E-state index is -0.336. The van der Waals surface area contributed by atoms with Crippen molar-refractivity contribution in [3.8, 4) is 0 Å². The van der Waals surface area contributed by atoms with Gasteiger partial charge >= 0.3 is 6.03 Å². The maximum absolute atomic E-state index is 11.8. The molecule has 0 saturated heterocycles. The van der Waals surface area contributed by atoms with E-state index >= 15 is 0 Å². The number of nitrogens with one attached hydrogen (secondary N) is 2. The Labute approximate surface area is 113 Å². The van der Waals surface area contributed by atoms with Crippen LogP contribution in [0.4, 0.5) is 10.5 Å². The van der Waals surface area contributed by atoms with Crippen LogP contribution in [0.3, 0.4) is 0 Å². The van der Waals surface area contributed by atoms with E-state index in [0.717, 1.165) is 5.56 Å². The quantitative estimate of drug-likeness (QED) is 0.755. The van der Waals surface area contributed by atoms with Crippen LogP contribution in [0.2, 0.25) is 0 Å². The molecule has 1 unspecified atom stereocenters. The topological polar surface area (TPSA) is 87.5 Å². The number of urea groups is 1. The van der Waals surface area contributed by atoms with Gasteiger partial charge in [-0.05, 0) is 24.6 Å². The van der Waals surface area contributed by atoms with Crippen LogP contribution in [-0.4, -0.2) is 37.5 Å². The van der Waals surface area contributed by atoms with Crippen LogP contribution in [0.5, 0.6) is 0 Å². The first kappa shape index (κ1) is 15.0. The number of likely N-dealkylation sites (N-methyl/N-ethyl adjacent to an activating group) is 2. The van der Waals surface area contributed by atoms with E-state index in [2.05, 4.69) is 10.6 Å². The molecule has 19 heavy (non-hydrogen) atoms. The van der Waals surface area contributed by atoms with Gasteiger partial charge in [-0.1, -0.05) is 12.1 Å². The molecule has 6 heteroatoms. The summed E-state index contributed by atoms with van der Waals surface area (Å²) in [6, 6.07) is 6.91. The first-order valence-electron chi connectivity index (χ1n) is 6.02. The Balaban J connectivity index is 2.59. The van der Waals surface area contributed by atoms with Gasteiger partial charge in [0.25, 0.3) is 0 Å². The molecule has 6 nitrogen and oxygen atoms in total. The Morgan fingerprint density at radius 1 is 1.32 bits per heavy atom. The third-order valence-electron chi connectivity index (χ3n) is 2.69. The van der Waals surface area contributed by atoms with E-state index < -0.39 is 0 Å². The lowest BCUT2D eigenvalue weighted by molar-refractivity contribution is -0.120. The molecule has 0 saturated carbocycles. The Kier molecular flexibility index (Phi) is 5.32. The van der Waals surface area contributed by atoms with Gasteiger partial charge in [0.2, 0.25) is 5.91 Å². The fourth-order valence-electron chi connectivity index (χ4n) is 1.46. The maximum Gasteiger partial charge on any atom is 0.322 e. The average Bonchev–Trinajstić information content (AvgIpc) is 2.38. The lowest BCUT2D eigenvalue weighted by Crippen LogP contribution is -2.39. The van der Waals surface area contributed by atoms with E-state index in [1.54, 1.807) is 19.2 Å². The average molecular weight is 264 g/mol. The maximum atomic E-state index is 11.8. The molecule has 3 amide bonds. The number of nitrogens with zero attached hydrogens (tertiary/aromatic N) is 1. The Bertz CT molecular complexity index is 442. The predicted octanol–water partition coefficient (Wildman–Crippen LogP) is 0.916. The fourth-order valence-corrected chi connectivity index (χ4v) is 1.46. The number of anilines is 1. The number of rotatable bonds is 4. The molecule has 0 spiro atoms. The number of nitrogens with two attached hydrogens (primary N) is 1. The SMILES string of the molecule is CNC(=O)CN(C)C(=O)Nc1ccc(C(C)N)cc1. The molecule has 104 valence electrons. The molecule has 1 atom stereocenters. The van der Waals surface area contributed by atoms with Crippen molar-refractivity contribution >= 4 is 17.6 Å². The fraction of sp³-hybridized carbons (Fsp3) is 0.385. The summed E-state index contributed by atoms with van der Waals surface area (Å²) in [6.45, 7) is 1.91. The zero-order valence-electron chi connectivity index (χ0n) is 11.4. The van der Waals surface area contributed by atoms with Gasteiger partial charge in [-0.15, -0.1) is 0 Å². The smallest absolute Gasteiger partial charge is 0.322 e. The minimum absolute atomic E-state index is 0.0141. The zero-order chi connectivity index (χ0) is 14.4. The molecule has 0 aliphatic rings. The summed E-state index contributed by atoms with van der Waals surface area (Å²) in [5, 5.41) is 5.16. The number of hydrogen-bond acceptors (Lipinski definition) is 3. The molecule has 4 N–H and O–H groups in total. The van der Waals surface area contributed by atoms with Crippen LogP contribution in [0.25, 0.3) is 0 Å². The van der Waals surface area contributed by atoms with Gasteiger partial charge in [0.15, 0.2) is 0 Å². The molecule has 0 aliphatic carbocycles. The standard InChI is InChI=1S/C13H20N4O2/c1-9(14)10-4-6-11(7-5-10)16-13(19)17(3)8-12(18)15-2/h4-7,9H,8,14H2,1-3H3,(H,15,18)(H,16,19). The molecule has 0 heterocycles. The Morgan fingerprint density at radius 3 is 2.37 bits per heavy atom. The van der Waals surface area contributed by atoms with Gasteiger partial charge in [-0.25, -0.2) is 4.79 Å². The summed E-state index contributed by atoms with van der Waals surface area (Å²) >= 11 is 0. The summed E-state index contributed by atoms with van der Waals surface area (Å²) in [5.41, 5.74) is 7.41. The number of carbonyl (C=O) groups is 2. The monoisotopic (exact) mass is 264 g/mol. The highest BCUT2D eigenvalue weighted by Gasteiger charge is 2.11. The number of benzene rings is 1. The van der Waals surface area contributed by atoms with Gasteiger partial charge in [-0.2, -0.15) is 0 Å². The summed E-state index contributed by atoms with van der Waals surface area (Å²) in [5.74, 6) is -0.218. The largest absolute Gasteiger partial charge is 0.358 e. The third-order valence-corrected chi connectivity index (χ3v) is 2.69. The van der Waals surface area contributed by atoms with Crippen LogP contribution in [0.15, 0.2) is 24.3 Å². The van der Waals surface area contributed by atoms with E-state index in [9.17, 15) is 9.59 Å². The second-order valence-electron chi connectivity index (χ2n) is 4.37. The second-order valence-corrected chi connectivity index (χ2v) is 4.37. The molecule has 1 aromatic rings. The van der Waals surface area contributed by atoms with Crippen molar-refractivity contribution in [1.82, 2.24) is 10.2 Å². The Morgan fingerprint density at radius 2 is 1.89 bits per heavy atom. The highest BCUT2D eigenvalue weighted by molar-refractivity contribution is 5.92. The number of carbonyl (C=O) groups excluding carboxylic acids is 2. The van der Waals surface area contributed by atoms with Crippen molar-refractivity contribution in [3.63, 3.8) is 0 Å². The van der Waals surface area contributed by atoms with E-state index in [4.69, 9.17) is 5.73 Å². The van der Waals surface area contributed by atoms with Crippen molar-refractivity contribution in [2.75, 3.05) is 26.0 Å². The molecule has 0 aliphatic heterocycles. The van der Waals surface area contributed by atoms with Gasteiger partial charge in [0, 0.05) is 25.8 Å². The van der Waals surface area contributed by atoms with Crippen LogP contribution in [0.1, 0.15) is 18.5 Å². The molecular formula is C13H20N4O2. The van der Waals surface area contributed by atoms with E-state index in [0.29, 0.717) is 5.69 Å². The highest BCUT2D eigenvalue weighted by Crippen LogP contribution is 2.14. The minimum Gasteiger partial charge on any atom is -0.358 e. The molecule has 0 bridgehead atoms. The number of amides is 3. The van der Waals surface area contributed by atoms with Crippen molar-refractivity contribution in [3.05, 3.63) is 29.8 Å². The highest BCUT2D eigenvalue weighted by atomic mass is 16.2. The molecular weight excluding hydrogens is 244 g/mol. The summed E-state index contributed by atoms with van der Waals surface area (Å²) in [4.78, 5) is 24.2.